The molecule has 2 amide bonds. The lowest BCUT2D eigenvalue weighted by Crippen LogP contribution is -2.58. The van der Waals surface area contributed by atoms with Crippen molar-refractivity contribution >= 4 is 17.5 Å². The van der Waals surface area contributed by atoms with Gasteiger partial charge in [-0.25, -0.2) is 0 Å². The topological polar surface area (TPSA) is 67.4 Å². The minimum Gasteiger partial charge on any atom is -0.466 e. The average molecular weight is 260 g/mol. The summed E-state index contributed by atoms with van der Waals surface area (Å²) < 4.78 is 5.62. The molecule has 0 radical (unpaired) electrons. The van der Waals surface area contributed by atoms with Crippen LogP contribution in [0.4, 0.5) is 5.69 Å². The Bertz CT molecular complexity index is 539. The maximum atomic E-state index is 12.2. The van der Waals surface area contributed by atoms with Gasteiger partial charge in [0.2, 0.25) is 0 Å². The normalized spacial score (nSPS) is 25.0. The summed E-state index contributed by atoms with van der Waals surface area (Å²) >= 11 is 0. The standard InChI is InChI=1S/C14H16N2O3/c1-14(12(17)15-8-9-6-7-9)13(18)16-10-4-2-3-5-11(10)19-14/h2-5,9H,6-8H2,1H3,(H,15,17)(H,16,18)/t14-/m0/s1. The molecular weight excluding hydrogens is 244 g/mol. The van der Waals surface area contributed by atoms with Crippen molar-refractivity contribution in [3.05, 3.63) is 24.3 Å². The molecule has 1 aromatic carbocycles. The Morgan fingerprint density at radius 2 is 2.21 bits per heavy atom. The van der Waals surface area contributed by atoms with Gasteiger partial charge in [0.1, 0.15) is 5.75 Å². The molecule has 2 aliphatic rings. The zero-order valence-corrected chi connectivity index (χ0v) is 10.7. The van der Waals surface area contributed by atoms with E-state index in [0.29, 0.717) is 23.9 Å². The molecular formula is C14H16N2O3. The Balaban J connectivity index is 1.79. The highest BCUT2D eigenvalue weighted by Gasteiger charge is 2.47. The molecule has 0 aromatic heterocycles. The number of anilines is 1. The van der Waals surface area contributed by atoms with Gasteiger partial charge in [-0.1, -0.05) is 12.1 Å². The number of ether oxygens (including phenoxy) is 1. The summed E-state index contributed by atoms with van der Waals surface area (Å²) in [4.78, 5) is 24.3. The number of fused-ring (bicyclic) bond motifs is 1. The number of amides is 2. The summed E-state index contributed by atoms with van der Waals surface area (Å²) in [6.07, 6.45) is 2.29. The molecule has 1 aliphatic carbocycles. The van der Waals surface area contributed by atoms with Gasteiger partial charge in [-0.15, -0.1) is 0 Å². The highest BCUT2D eigenvalue weighted by Crippen LogP contribution is 2.33. The molecule has 100 valence electrons. The van der Waals surface area contributed by atoms with Gasteiger partial charge in [0.05, 0.1) is 5.69 Å². The van der Waals surface area contributed by atoms with E-state index in [1.54, 1.807) is 24.3 Å². The van der Waals surface area contributed by atoms with Gasteiger partial charge in [0.15, 0.2) is 0 Å². The van der Waals surface area contributed by atoms with Crippen molar-refractivity contribution in [2.45, 2.75) is 25.4 Å². The fraction of sp³-hybridized carbons (Fsp3) is 0.429. The smallest absolute Gasteiger partial charge is 0.278 e. The second-order valence-corrected chi connectivity index (χ2v) is 5.24. The van der Waals surface area contributed by atoms with Gasteiger partial charge in [-0.05, 0) is 37.8 Å². The van der Waals surface area contributed by atoms with Crippen molar-refractivity contribution in [3.63, 3.8) is 0 Å². The molecule has 5 heteroatoms. The zero-order valence-electron chi connectivity index (χ0n) is 10.7. The van der Waals surface area contributed by atoms with Crippen LogP contribution in [0.3, 0.4) is 0 Å². The van der Waals surface area contributed by atoms with Crippen molar-refractivity contribution in [1.82, 2.24) is 5.32 Å². The largest absolute Gasteiger partial charge is 0.466 e. The van der Waals surface area contributed by atoms with E-state index in [-0.39, 0.29) is 5.91 Å². The first-order valence-electron chi connectivity index (χ1n) is 6.47. The molecule has 1 aromatic rings. The Labute approximate surface area is 111 Å². The molecule has 19 heavy (non-hydrogen) atoms. The number of hydrogen-bond donors (Lipinski definition) is 2. The lowest BCUT2D eigenvalue weighted by Gasteiger charge is -2.33. The maximum Gasteiger partial charge on any atom is 0.278 e. The van der Waals surface area contributed by atoms with Crippen LogP contribution in [0.2, 0.25) is 0 Å². The summed E-state index contributed by atoms with van der Waals surface area (Å²) in [5, 5.41) is 5.50. The number of carbonyl (C=O) groups excluding carboxylic acids is 2. The molecule has 1 atom stereocenters. The molecule has 0 unspecified atom stereocenters. The van der Waals surface area contributed by atoms with Crippen LogP contribution in [-0.4, -0.2) is 24.0 Å². The monoisotopic (exact) mass is 260 g/mol. The highest BCUT2D eigenvalue weighted by molar-refractivity contribution is 6.15. The number of nitrogens with one attached hydrogen (secondary N) is 2. The molecule has 1 saturated carbocycles. The summed E-state index contributed by atoms with van der Waals surface area (Å²) in [5.41, 5.74) is -0.900. The third-order valence-electron chi connectivity index (χ3n) is 3.56. The predicted molar refractivity (Wildman–Crippen MR) is 69.8 cm³/mol. The van der Waals surface area contributed by atoms with Crippen molar-refractivity contribution in [3.8, 4) is 5.75 Å². The van der Waals surface area contributed by atoms with Crippen molar-refractivity contribution in [2.24, 2.45) is 5.92 Å². The first-order valence-corrected chi connectivity index (χ1v) is 6.47. The van der Waals surface area contributed by atoms with Crippen LogP contribution in [0.5, 0.6) is 5.75 Å². The number of carbonyl (C=O) groups is 2. The SMILES string of the molecule is C[C@@]1(C(=O)NCC2CC2)Oc2ccccc2NC1=O. The van der Waals surface area contributed by atoms with Crippen LogP contribution in [0.1, 0.15) is 19.8 Å². The van der Waals surface area contributed by atoms with Gasteiger partial charge in [-0.2, -0.15) is 0 Å². The molecule has 1 heterocycles. The van der Waals surface area contributed by atoms with E-state index in [2.05, 4.69) is 10.6 Å². The van der Waals surface area contributed by atoms with Crippen LogP contribution in [0, 0.1) is 5.92 Å². The van der Waals surface area contributed by atoms with E-state index in [1.807, 2.05) is 0 Å². The lowest BCUT2D eigenvalue weighted by atomic mass is 10.0. The second kappa shape index (κ2) is 4.26. The van der Waals surface area contributed by atoms with Gasteiger partial charge in [-0.3, -0.25) is 9.59 Å². The summed E-state index contributed by atoms with van der Waals surface area (Å²) in [7, 11) is 0. The van der Waals surface area contributed by atoms with Crippen molar-refractivity contribution < 1.29 is 14.3 Å². The quantitative estimate of drug-likeness (QED) is 0.805. The van der Waals surface area contributed by atoms with E-state index >= 15 is 0 Å². The average Bonchev–Trinajstić information content (AvgIpc) is 3.21. The number of hydrogen-bond acceptors (Lipinski definition) is 3. The summed E-state index contributed by atoms with van der Waals surface area (Å²) in [5.74, 6) is 0.267. The Morgan fingerprint density at radius 1 is 1.47 bits per heavy atom. The van der Waals surface area contributed by atoms with Gasteiger partial charge >= 0.3 is 0 Å². The molecule has 5 nitrogen and oxygen atoms in total. The molecule has 0 bridgehead atoms. The molecule has 0 saturated heterocycles. The van der Waals surface area contributed by atoms with E-state index in [9.17, 15) is 9.59 Å². The van der Waals surface area contributed by atoms with E-state index in [1.165, 1.54) is 6.92 Å². The van der Waals surface area contributed by atoms with Gasteiger partial charge in [0, 0.05) is 6.54 Å². The van der Waals surface area contributed by atoms with Crippen LogP contribution < -0.4 is 15.4 Å². The van der Waals surface area contributed by atoms with Crippen LogP contribution >= 0.6 is 0 Å². The number of benzene rings is 1. The molecule has 2 N–H and O–H groups in total. The summed E-state index contributed by atoms with van der Waals surface area (Å²) in [6, 6.07) is 7.09. The predicted octanol–water partition coefficient (Wildman–Crippen LogP) is 1.30. The first-order chi connectivity index (χ1) is 9.09. The van der Waals surface area contributed by atoms with Crippen LogP contribution in [0.15, 0.2) is 24.3 Å². The second-order valence-electron chi connectivity index (χ2n) is 5.24. The van der Waals surface area contributed by atoms with Gasteiger partial charge in [0.25, 0.3) is 17.4 Å². The van der Waals surface area contributed by atoms with Crippen molar-refractivity contribution in [2.75, 3.05) is 11.9 Å². The molecule has 1 fully saturated rings. The van der Waals surface area contributed by atoms with E-state index in [4.69, 9.17) is 4.74 Å². The minimum atomic E-state index is -1.50. The van der Waals surface area contributed by atoms with E-state index < -0.39 is 11.5 Å². The minimum absolute atomic E-state index is 0.383. The molecule has 3 rings (SSSR count). The van der Waals surface area contributed by atoms with Crippen molar-refractivity contribution in [1.29, 1.82) is 0 Å². The Hall–Kier alpha value is -2.04. The van der Waals surface area contributed by atoms with Gasteiger partial charge < -0.3 is 15.4 Å². The number of para-hydroxylation sites is 2. The summed E-state index contributed by atoms with van der Waals surface area (Å²) in [6.45, 7) is 2.12. The third kappa shape index (κ3) is 2.16. The first kappa shape index (κ1) is 12.0. The lowest BCUT2D eigenvalue weighted by molar-refractivity contribution is -0.146. The number of rotatable bonds is 3. The fourth-order valence-corrected chi connectivity index (χ4v) is 2.04. The zero-order chi connectivity index (χ0) is 13.5. The maximum absolute atomic E-state index is 12.2. The van der Waals surface area contributed by atoms with Crippen LogP contribution in [0.25, 0.3) is 0 Å². The fourth-order valence-electron chi connectivity index (χ4n) is 2.04. The highest BCUT2D eigenvalue weighted by atomic mass is 16.5. The third-order valence-corrected chi connectivity index (χ3v) is 3.56. The van der Waals surface area contributed by atoms with Crippen LogP contribution in [-0.2, 0) is 9.59 Å². The van der Waals surface area contributed by atoms with E-state index in [0.717, 1.165) is 12.8 Å². The Kier molecular flexibility index (Phi) is 2.69. The Morgan fingerprint density at radius 3 is 2.95 bits per heavy atom. The molecule has 1 aliphatic heterocycles. The molecule has 0 spiro atoms.